The van der Waals surface area contributed by atoms with Crippen LogP contribution in [0.3, 0.4) is 0 Å². The van der Waals surface area contributed by atoms with E-state index in [0.717, 1.165) is 50.0 Å². The van der Waals surface area contributed by atoms with E-state index in [0.29, 0.717) is 42.8 Å². The number of amides is 1. The Balaban J connectivity index is 1.02. The minimum atomic E-state index is -0.969. The molecule has 3 fully saturated rings. The number of anilines is 1. The zero-order valence-electron chi connectivity index (χ0n) is 21.2. The van der Waals surface area contributed by atoms with Crippen LogP contribution in [0.2, 0.25) is 0 Å². The summed E-state index contributed by atoms with van der Waals surface area (Å²) in [6.45, 7) is 7.10. The summed E-state index contributed by atoms with van der Waals surface area (Å²) in [6, 6.07) is 5.32. The second-order valence-corrected chi connectivity index (χ2v) is 10.9. The Labute approximate surface area is 211 Å². The van der Waals surface area contributed by atoms with Crippen molar-refractivity contribution in [1.29, 1.82) is 0 Å². The summed E-state index contributed by atoms with van der Waals surface area (Å²) in [5.41, 5.74) is 0.323. The highest BCUT2D eigenvalue weighted by Gasteiger charge is 2.43. The summed E-state index contributed by atoms with van der Waals surface area (Å²) in [6.07, 6.45) is 3.81. The molecule has 0 N–H and O–H groups in total. The number of alkyl halides is 1. The van der Waals surface area contributed by atoms with E-state index in [1.807, 2.05) is 0 Å². The third-order valence-corrected chi connectivity index (χ3v) is 7.95. The summed E-state index contributed by atoms with van der Waals surface area (Å²) in [5, 5.41) is 4.08. The van der Waals surface area contributed by atoms with Gasteiger partial charge in [0.1, 0.15) is 17.7 Å². The number of ether oxygens (including phenoxy) is 1. The van der Waals surface area contributed by atoms with Gasteiger partial charge in [-0.3, -0.25) is 4.79 Å². The SMILES string of the molecule is CC(C)c1noc(N2CCC(C3CC3CCOc3ccc(CC(=O)N4CCC(F)C4)c(F)c3)CC2)n1. The number of likely N-dealkylation sites (tertiary alicyclic amines) is 1. The number of hydrogen-bond acceptors (Lipinski definition) is 6. The monoisotopic (exact) mass is 502 g/mol. The van der Waals surface area contributed by atoms with Gasteiger partial charge in [-0.25, -0.2) is 8.78 Å². The minimum absolute atomic E-state index is 0.0488. The highest BCUT2D eigenvalue weighted by Crippen LogP contribution is 2.50. The summed E-state index contributed by atoms with van der Waals surface area (Å²) in [7, 11) is 0. The molecule has 1 aliphatic carbocycles. The molecule has 1 aromatic heterocycles. The molecule has 0 bridgehead atoms. The maximum absolute atomic E-state index is 14.5. The third-order valence-electron chi connectivity index (χ3n) is 7.95. The van der Waals surface area contributed by atoms with Crippen LogP contribution in [0.5, 0.6) is 5.75 Å². The van der Waals surface area contributed by atoms with Gasteiger partial charge in [-0.15, -0.1) is 0 Å². The predicted molar refractivity (Wildman–Crippen MR) is 131 cm³/mol. The highest BCUT2D eigenvalue weighted by atomic mass is 19.1. The van der Waals surface area contributed by atoms with Gasteiger partial charge in [-0.1, -0.05) is 25.1 Å². The van der Waals surface area contributed by atoms with Gasteiger partial charge in [0, 0.05) is 31.6 Å². The molecule has 7 nitrogen and oxygen atoms in total. The number of hydrogen-bond donors (Lipinski definition) is 0. The van der Waals surface area contributed by atoms with E-state index in [1.165, 1.54) is 17.4 Å². The van der Waals surface area contributed by atoms with Gasteiger partial charge < -0.3 is 19.1 Å². The molecule has 0 radical (unpaired) electrons. The van der Waals surface area contributed by atoms with Crippen LogP contribution in [0.15, 0.2) is 22.7 Å². The maximum atomic E-state index is 14.5. The van der Waals surface area contributed by atoms with Crippen molar-refractivity contribution in [3.63, 3.8) is 0 Å². The Hall–Kier alpha value is -2.71. The molecular formula is C27H36F2N4O3. The molecule has 36 heavy (non-hydrogen) atoms. The minimum Gasteiger partial charge on any atom is -0.493 e. The van der Waals surface area contributed by atoms with Crippen LogP contribution < -0.4 is 9.64 Å². The molecular weight excluding hydrogens is 466 g/mol. The number of aromatic nitrogens is 2. The molecule has 0 spiro atoms. The standard InChI is InChI=1S/C27H36F2N4O3/c1-17(2)26-30-27(36-31-26)32-9-5-18(6-10-32)23-13-19(23)8-12-35-22-4-3-20(24(29)15-22)14-25(34)33-11-7-21(28)16-33/h3-4,15,17-19,21,23H,5-14,16H2,1-2H3. The number of carbonyl (C=O) groups excluding carboxylic acids is 1. The molecule has 5 rings (SSSR count). The number of nitrogens with zero attached hydrogens (tertiary/aromatic N) is 4. The first-order valence-corrected chi connectivity index (χ1v) is 13.3. The molecule has 3 heterocycles. The third kappa shape index (κ3) is 5.81. The average Bonchev–Trinajstić information content (AvgIpc) is 3.24. The largest absolute Gasteiger partial charge is 0.493 e. The van der Waals surface area contributed by atoms with Gasteiger partial charge in [-0.2, -0.15) is 4.98 Å². The van der Waals surface area contributed by atoms with Crippen molar-refractivity contribution < 1.29 is 22.8 Å². The van der Waals surface area contributed by atoms with Crippen LogP contribution in [0.4, 0.5) is 14.8 Å². The number of halogens is 2. The van der Waals surface area contributed by atoms with Crippen LogP contribution in [0, 0.1) is 23.6 Å². The second-order valence-electron chi connectivity index (χ2n) is 10.9. The summed E-state index contributed by atoms with van der Waals surface area (Å²) >= 11 is 0. The zero-order valence-corrected chi connectivity index (χ0v) is 21.2. The first kappa shape index (κ1) is 25.0. The Bertz CT molecular complexity index is 1050. The quantitative estimate of drug-likeness (QED) is 0.492. The first-order valence-electron chi connectivity index (χ1n) is 13.3. The molecule has 2 aliphatic heterocycles. The number of carbonyl (C=O) groups is 1. The van der Waals surface area contributed by atoms with Crippen LogP contribution >= 0.6 is 0 Å². The number of piperidine rings is 1. The predicted octanol–water partition coefficient (Wildman–Crippen LogP) is 4.77. The van der Waals surface area contributed by atoms with Crippen LogP contribution in [-0.2, 0) is 11.2 Å². The molecule has 9 heteroatoms. The van der Waals surface area contributed by atoms with Crippen LogP contribution in [0.25, 0.3) is 0 Å². The molecule has 3 unspecified atom stereocenters. The van der Waals surface area contributed by atoms with Crippen molar-refractivity contribution >= 4 is 11.9 Å². The van der Waals surface area contributed by atoms with E-state index in [-0.39, 0.29) is 24.8 Å². The molecule has 2 aromatic rings. The lowest BCUT2D eigenvalue weighted by atomic mass is 9.90. The molecule has 1 amide bonds. The van der Waals surface area contributed by atoms with Crippen molar-refractivity contribution in [2.45, 2.75) is 64.5 Å². The topological polar surface area (TPSA) is 71.7 Å². The van der Waals surface area contributed by atoms with Gasteiger partial charge in [0.05, 0.1) is 19.6 Å². The summed E-state index contributed by atoms with van der Waals surface area (Å²) in [4.78, 5) is 20.5. The van der Waals surface area contributed by atoms with Gasteiger partial charge in [-0.05, 0) is 61.5 Å². The molecule has 1 saturated carbocycles. The molecule has 1 aromatic carbocycles. The van der Waals surface area contributed by atoms with E-state index >= 15 is 0 Å². The Morgan fingerprint density at radius 2 is 2.03 bits per heavy atom. The van der Waals surface area contributed by atoms with Gasteiger partial charge in [0.15, 0.2) is 5.82 Å². The van der Waals surface area contributed by atoms with E-state index in [2.05, 4.69) is 28.9 Å². The fourth-order valence-corrected chi connectivity index (χ4v) is 5.60. The van der Waals surface area contributed by atoms with E-state index in [9.17, 15) is 13.6 Å². The Kier molecular flexibility index (Phi) is 7.44. The molecule has 3 atom stereocenters. The zero-order chi connectivity index (χ0) is 25.2. The second kappa shape index (κ2) is 10.7. The molecule has 196 valence electrons. The van der Waals surface area contributed by atoms with Crippen molar-refractivity contribution in [3.05, 3.63) is 35.4 Å². The molecule has 2 saturated heterocycles. The Morgan fingerprint density at radius 1 is 1.22 bits per heavy atom. The lowest BCUT2D eigenvalue weighted by Gasteiger charge is -2.30. The van der Waals surface area contributed by atoms with Crippen LogP contribution in [-0.4, -0.2) is 59.9 Å². The Morgan fingerprint density at radius 3 is 2.69 bits per heavy atom. The van der Waals surface area contributed by atoms with Crippen molar-refractivity contribution in [2.75, 3.05) is 37.7 Å². The van der Waals surface area contributed by atoms with Crippen molar-refractivity contribution in [3.8, 4) is 5.75 Å². The molecule has 3 aliphatic rings. The summed E-state index contributed by atoms with van der Waals surface area (Å²) in [5.74, 6) is 2.95. The van der Waals surface area contributed by atoms with E-state index in [4.69, 9.17) is 9.26 Å². The maximum Gasteiger partial charge on any atom is 0.324 e. The lowest BCUT2D eigenvalue weighted by Crippen LogP contribution is -2.34. The fourth-order valence-electron chi connectivity index (χ4n) is 5.60. The smallest absolute Gasteiger partial charge is 0.324 e. The van der Waals surface area contributed by atoms with Gasteiger partial charge in [0.25, 0.3) is 0 Å². The van der Waals surface area contributed by atoms with Crippen molar-refractivity contribution in [2.24, 2.45) is 17.8 Å². The normalized spacial score (nSPS) is 24.5. The number of rotatable bonds is 9. The number of benzene rings is 1. The summed E-state index contributed by atoms with van der Waals surface area (Å²) < 4.78 is 39.1. The van der Waals surface area contributed by atoms with Gasteiger partial charge in [0.2, 0.25) is 5.91 Å². The van der Waals surface area contributed by atoms with E-state index in [1.54, 1.807) is 12.1 Å². The van der Waals surface area contributed by atoms with Crippen LogP contribution in [0.1, 0.15) is 63.3 Å². The van der Waals surface area contributed by atoms with Crippen molar-refractivity contribution in [1.82, 2.24) is 15.0 Å². The highest BCUT2D eigenvalue weighted by molar-refractivity contribution is 5.79. The lowest BCUT2D eigenvalue weighted by molar-refractivity contribution is -0.129. The average molecular weight is 503 g/mol. The van der Waals surface area contributed by atoms with E-state index < -0.39 is 12.0 Å². The van der Waals surface area contributed by atoms with Gasteiger partial charge >= 0.3 is 6.01 Å². The first-order chi connectivity index (χ1) is 17.4. The fraction of sp³-hybridized carbons (Fsp3) is 0.667.